The summed E-state index contributed by atoms with van der Waals surface area (Å²) >= 11 is 5.42. The highest BCUT2D eigenvalue weighted by molar-refractivity contribution is 9.10. The van der Waals surface area contributed by atoms with Gasteiger partial charge in [0.15, 0.2) is 0 Å². The van der Waals surface area contributed by atoms with Crippen molar-refractivity contribution in [3.8, 4) is 0 Å². The van der Waals surface area contributed by atoms with Crippen molar-refractivity contribution in [2.75, 3.05) is 6.54 Å². The fraction of sp³-hybridized carbons (Fsp3) is 0.538. The molecule has 0 saturated heterocycles. The van der Waals surface area contributed by atoms with E-state index in [0.717, 1.165) is 19.0 Å². The summed E-state index contributed by atoms with van der Waals surface area (Å²) in [6.07, 6.45) is 5.84. The van der Waals surface area contributed by atoms with E-state index in [0.29, 0.717) is 0 Å². The van der Waals surface area contributed by atoms with Crippen molar-refractivity contribution in [1.82, 2.24) is 5.32 Å². The summed E-state index contributed by atoms with van der Waals surface area (Å²) in [6, 6.07) is 2.89. The minimum absolute atomic E-state index is 0.163. The third-order valence-electron chi connectivity index (χ3n) is 3.12. The molecule has 1 nitrogen and oxygen atoms in total. The van der Waals surface area contributed by atoms with Crippen molar-refractivity contribution in [2.45, 2.75) is 32.2 Å². The van der Waals surface area contributed by atoms with Crippen LogP contribution < -0.4 is 5.32 Å². The standard InChI is InChI=1S/C13H18BrNS/c1-3-13(2,9-15-10-4-5-10)8-12-11(14)6-7-16-12/h3,6-7,10,15H,1,4-5,8-9H2,2H3. The SMILES string of the molecule is C=CC(C)(CNC1CC1)Cc1sccc1Br. The van der Waals surface area contributed by atoms with E-state index < -0.39 is 0 Å². The maximum atomic E-state index is 3.99. The summed E-state index contributed by atoms with van der Waals surface area (Å²) in [4.78, 5) is 1.42. The molecule has 3 heteroatoms. The summed E-state index contributed by atoms with van der Waals surface area (Å²) in [7, 11) is 0. The average Bonchev–Trinajstić information content (AvgIpc) is 3.02. The Balaban J connectivity index is 1.96. The van der Waals surface area contributed by atoms with Gasteiger partial charge in [0.2, 0.25) is 0 Å². The van der Waals surface area contributed by atoms with Crippen LogP contribution in [0.2, 0.25) is 0 Å². The summed E-state index contributed by atoms with van der Waals surface area (Å²) in [6.45, 7) is 7.30. The van der Waals surface area contributed by atoms with Crippen molar-refractivity contribution in [3.63, 3.8) is 0 Å². The second kappa shape index (κ2) is 5.03. The van der Waals surface area contributed by atoms with Crippen LogP contribution in [0.3, 0.4) is 0 Å². The monoisotopic (exact) mass is 299 g/mol. The number of thiophene rings is 1. The van der Waals surface area contributed by atoms with Crippen molar-refractivity contribution in [1.29, 1.82) is 0 Å². The van der Waals surface area contributed by atoms with Crippen LogP contribution in [0.15, 0.2) is 28.6 Å². The molecule has 1 aliphatic carbocycles. The Hall–Kier alpha value is -0.120. The van der Waals surface area contributed by atoms with Gasteiger partial charge in [-0.25, -0.2) is 0 Å². The average molecular weight is 300 g/mol. The zero-order chi connectivity index (χ0) is 11.6. The Bertz CT molecular complexity index is 370. The molecular weight excluding hydrogens is 282 g/mol. The van der Waals surface area contributed by atoms with E-state index >= 15 is 0 Å². The van der Waals surface area contributed by atoms with E-state index in [9.17, 15) is 0 Å². The van der Waals surface area contributed by atoms with Gasteiger partial charge in [-0.2, -0.15) is 0 Å². The van der Waals surface area contributed by atoms with Crippen molar-refractivity contribution in [3.05, 3.63) is 33.5 Å². The molecule has 1 unspecified atom stereocenters. The topological polar surface area (TPSA) is 12.0 Å². The molecular formula is C13H18BrNS. The lowest BCUT2D eigenvalue weighted by atomic mass is 9.86. The van der Waals surface area contributed by atoms with E-state index in [2.05, 4.69) is 52.3 Å². The lowest BCUT2D eigenvalue weighted by Crippen LogP contribution is -2.33. The molecule has 1 saturated carbocycles. The predicted octanol–water partition coefficient (Wildman–Crippen LogP) is 4.00. The molecule has 2 rings (SSSR count). The van der Waals surface area contributed by atoms with E-state index in [4.69, 9.17) is 0 Å². The molecule has 1 N–H and O–H groups in total. The Morgan fingerprint density at radius 1 is 1.69 bits per heavy atom. The minimum Gasteiger partial charge on any atom is -0.313 e. The van der Waals surface area contributed by atoms with Gasteiger partial charge in [-0.3, -0.25) is 0 Å². The van der Waals surface area contributed by atoms with E-state index in [-0.39, 0.29) is 5.41 Å². The highest BCUT2D eigenvalue weighted by Crippen LogP contribution is 2.32. The van der Waals surface area contributed by atoms with Gasteiger partial charge in [-0.15, -0.1) is 17.9 Å². The van der Waals surface area contributed by atoms with Gasteiger partial charge in [-0.1, -0.05) is 13.0 Å². The molecule has 1 aromatic heterocycles. The van der Waals surface area contributed by atoms with Gasteiger partial charge >= 0.3 is 0 Å². The number of halogens is 1. The smallest absolute Gasteiger partial charge is 0.0314 e. The summed E-state index contributed by atoms with van der Waals surface area (Å²) in [5.74, 6) is 0. The number of nitrogens with one attached hydrogen (secondary N) is 1. The zero-order valence-corrected chi connectivity index (χ0v) is 12.0. The Kier molecular flexibility index (Phi) is 3.88. The van der Waals surface area contributed by atoms with Gasteiger partial charge < -0.3 is 5.32 Å². The first kappa shape index (κ1) is 12.3. The third kappa shape index (κ3) is 3.19. The third-order valence-corrected chi connectivity index (χ3v) is 5.05. The molecule has 16 heavy (non-hydrogen) atoms. The summed E-state index contributed by atoms with van der Waals surface area (Å²) < 4.78 is 1.23. The fourth-order valence-corrected chi connectivity index (χ4v) is 3.38. The molecule has 0 aliphatic heterocycles. The number of rotatable bonds is 6. The van der Waals surface area contributed by atoms with E-state index in [1.807, 2.05) is 11.3 Å². The van der Waals surface area contributed by atoms with Crippen LogP contribution in [0.4, 0.5) is 0 Å². The normalized spacial score (nSPS) is 19.4. The molecule has 1 aliphatic rings. The molecule has 0 radical (unpaired) electrons. The molecule has 1 atom stereocenters. The van der Waals surface area contributed by atoms with Crippen LogP contribution >= 0.6 is 27.3 Å². The maximum absolute atomic E-state index is 3.99. The number of hydrogen-bond acceptors (Lipinski definition) is 2. The quantitative estimate of drug-likeness (QED) is 0.783. The summed E-state index contributed by atoms with van der Waals surface area (Å²) in [5.41, 5.74) is 0.163. The largest absolute Gasteiger partial charge is 0.313 e. The van der Waals surface area contributed by atoms with Crippen molar-refractivity contribution >= 4 is 27.3 Å². The van der Waals surface area contributed by atoms with Gasteiger partial charge in [0.25, 0.3) is 0 Å². The summed E-state index contributed by atoms with van der Waals surface area (Å²) in [5, 5.41) is 5.73. The highest BCUT2D eigenvalue weighted by atomic mass is 79.9. The Morgan fingerprint density at radius 2 is 2.44 bits per heavy atom. The van der Waals surface area contributed by atoms with Crippen LogP contribution in [0.25, 0.3) is 0 Å². The molecule has 0 spiro atoms. The molecule has 1 heterocycles. The van der Waals surface area contributed by atoms with Crippen molar-refractivity contribution < 1.29 is 0 Å². The molecule has 1 fully saturated rings. The van der Waals surface area contributed by atoms with Crippen LogP contribution in [-0.4, -0.2) is 12.6 Å². The molecule has 0 bridgehead atoms. The van der Waals surface area contributed by atoms with E-state index in [1.54, 1.807) is 0 Å². The van der Waals surface area contributed by atoms with Crippen molar-refractivity contribution in [2.24, 2.45) is 5.41 Å². The maximum Gasteiger partial charge on any atom is 0.0314 e. The Labute approximate surface area is 110 Å². The molecule has 0 aromatic carbocycles. The van der Waals surface area contributed by atoms with Crippen LogP contribution in [0, 0.1) is 5.41 Å². The first-order valence-electron chi connectivity index (χ1n) is 5.72. The second-order valence-corrected chi connectivity index (χ2v) is 6.74. The van der Waals surface area contributed by atoms with Crippen LogP contribution in [0.5, 0.6) is 0 Å². The molecule has 0 amide bonds. The van der Waals surface area contributed by atoms with E-state index in [1.165, 1.54) is 22.2 Å². The highest BCUT2D eigenvalue weighted by Gasteiger charge is 2.27. The van der Waals surface area contributed by atoms with Gasteiger partial charge in [0.1, 0.15) is 0 Å². The van der Waals surface area contributed by atoms with Crippen LogP contribution in [-0.2, 0) is 6.42 Å². The van der Waals surface area contributed by atoms with Gasteiger partial charge in [0.05, 0.1) is 0 Å². The second-order valence-electron chi connectivity index (χ2n) is 4.88. The fourth-order valence-electron chi connectivity index (χ4n) is 1.69. The van der Waals surface area contributed by atoms with Gasteiger partial charge in [0, 0.05) is 27.4 Å². The first-order valence-corrected chi connectivity index (χ1v) is 7.39. The zero-order valence-electron chi connectivity index (χ0n) is 9.63. The lowest BCUT2D eigenvalue weighted by Gasteiger charge is -2.26. The first-order chi connectivity index (χ1) is 7.63. The molecule has 1 aromatic rings. The molecule has 88 valence electrons. The minimum atomic E-state index is 0.163. The number of hydrogen-bond donors (Lipinski definition) is 1. The Morgan fingerprint density at radius 3 is 2.94 bits per heavy atom. The lowest BCUT2D eigenvalue weighted by molar-refractivity contribution is 0.391. The predicted molar refractivity (Wildman–Crippen MR) is 75.1 cm³/mol. The van der Waals surface area contributed by atoms with Gasteiger partial charge in [-0.05, 0) is 46.6 Å². The van der Waals surface area contributed by atoms with Crippen LogP contribution in [0.1, 0.15) is 24.6 Å².